The van der Waals surface area contributed by atoms with Crippen LogP contribution in [0.4, 0.5) is 0 Å². The molecule has 7 nitrogen and oxygen atoms in total. The lowest BCUT2D eigenvalue weighted by Gasteiger charge is -2.09. The average Bonchev–Trinajstić information content (AvgIpc) is 3.07. The van der Waals surface area contributed by atoms with E-state index >= 15 is 0 Å². The molecule has 0 bridgehead atoms. The molecule has 8 heteroatoms. The topological polar surface area (TPSA) is 102 Å². The molecule has 0 radical (unpaired) electrons. The molecule has 0 aliphatic carbocycles. The molecule has 1 heterocycles. The van der Waals surface area contributed by atoms with Crippen molar-refractivity contribution in [1.82, 2.24) is 15.5 Å². The van der Waals surface area contributed by atoms with Crippen molar-refractivity contribution in [2.45, 2.75) is 56.6 Å². The van der Waals surface area contributed by atoms with Gasteiger partial charge in [0.1, 0.15) is 0 Å². The summed E-state index contributed by atoms with van der Waals surface area (Å²) in [7, 11) is -3.33. The SMILES string of the molecule is CC(C)c1noc(CCCNC(=O)c2ccc(S(=O)(=O)C(C)C)cc2)n1. The van der Waals surface area contributed by atoms with Gasteiger partial charge in [-0.2, -0.15) is 4.98 Å². The monoisotopic (exact) mass is 379 g/mol. The van der Waals surface area contributed by atoms with Gasteiger partial charge in [0, 0.05) is 24.4 Å². The van der Waals surface area contributed by atoms with Crippen LogP contribution in [0.5, 0.6) is 0 Å². The van der Waals surface area contributed by atoms with E-state index < -0.39 is 15.1 Å². The maximum Gasteiger partial charge on any atom is 0.251 e. The second kappa shape index (κ2) is 8.44. The number of hydrogen-bond acceptors (Lipinski definition) is 6. The number of benzene rings is 1. The number of aromatic nitrogens is 2. The van der Waals surface area contributed by atoms with Gasteiger partial charge in [0.2, 0.25) is 5.89 Å². The van der Waals surface area contributed by atoms with Crippen LogP contribution in [0.25, 0.3) is 0 Å². The molecule has 0 atom stereocenters. The Bertz CT molecular complexity index is 840. The van der Waals surface area contributed by atoms with E-state index in [-0.39, 0.29) is 16.7 Å². The van der Waals surface area contributed by atoms with Crippen molar-refractivity contribution in [1.29, 1.82) is 0 Å². The van der Waals surface area contributed by atoms with Crippen molar-refractivity contribution < 1.29 is 17.7 Å². The van der Waals surface area contributed by atoms with Crippen molar-refractivity contribution in [2.24, 2.45) is 0 Å². The molecule has 1 N–H and O–H groups in total. The zero-order valence-corrected chi connectivity index (χ0v) is 16.3. The van der Waals surface area contributed by atoms with Crippen LogP contribution in [-0.2, 0) is 16.3 Å². The summed E-state index contributed by atoms with van der Waals surface area (Å²) in [6.07, 6.45) is 1.26. The lowest BCUT2D eigenvalue weighted by Crippen LogP contribution is -2.25. The molecule has 26 heavy (non-hydrogen) atoms. The first-order valence-electron chi connectivity index (χ1n) is 8.66. The Morgan fingerprint density at radius 3 is 2.35 bits per heavy atom. The fourth-order valence-electron chi connectivity index (χ4n) is 2.22. The van der Waals surface area contributed by atoms with Crippen molar-refractivity contribution in [2.75, 3.05) is 6.54 Å². The highest BCUT2D eigenvalue weighted by Gasteiger charge is 2.19. The van der Waals surface area contributed by atoms with Crippen LogP contribution in [0, 0.1) is 0 Å². The largest absolute Gasteiger partial charge is 0.352 e. The summed E-state index contributed by atoms with van der Waals surface area (Å²) in [4.78, 5) is 16.6. The highest BCUT2D eigenvalue weighted by Crippen LogP contribution is 2.16. The smallest absolute Gasteiger partial charge is 0.251 e. The lowest BCUT2D eigenvalue weighted by molar-refractivity contribution is 0.0953. The van der Waals surface area contributed by atoms with Crippen molar-refractivity contribution in [3.63, 3.8) is 0 Å². The van der Waals surface area contributed by atoms with Crippen LogP contribution in [0.2, 0.25) is 0 Å². The predicted octanol–water partition coefficient (Wildman–Crippen LogP) is 2.74. The van der Waals surface area contributed by atoms with E-state index in [4.69, 9.17) is 4.52 Å². The second-order valence-corrected chi connectivity index (χ2v) is 9.18. The standard InChI is InChI=1S/C18H25N3O4S/c1-12(2)17-20-16(25-21-17)6-5-11-19-18(22)14-7-9-15(10-8-14)26(23,24)13(3)4/h7-10,12-13H,5-6,11H2,1-4H3,(H,19,22). The van der Waals surface area contributed by atoms with Gasteiger partial charge < -0.3 is 9.84 Å². The summed E-state index contributed by atoms with van der Waals surface area (Å²) in [6, 6.07) is 5.99. The Hall–Kier alpha value is -2.22. The van der Waals surface area contributed by atoms with Crippen molar-refractivity contribution >= 4 is 15.7 Å². The molecule has 0 saturated heterocycles. The summed E-state index contributed by atoms with van der Waals surface area (Å²) in [5.41, 5.74) is 0.424. The molecule has 2 rings (SSSR count). The van der Waals surface area contributed by atoms with Crippen LogP contribution in [-0.4, -0.2) is 36.3 Å². The van der Waals surface area contributed by atoms with Gasteiger partial charge in [-0.05, 0) is 44.5 Å². The molecule has 1 aromatic heterocycles. The van der Waals surface area contributed by atoms with Gasteiger partial charge in [0.25, 0.3) is 5.91 Å². The number of nitrogens with one attached hydrogen (secondary N) is 1. The minimum absolute atomic E-state index is 0.217. The van der Waals surface area contributed by atoms with E-state index in [1.165, 1.54) is 24.3 Å². The van der Waals surface area contributed by atoms with Crippen LogP contribution in [0.15, 0.2) is 33.7 Å². The Labute approximate surface area is 154 Å². The molecular weight excluding hydrogens is 354 g/mol. The zero-order valence-electron chi connectivity index (χ0n) is 15.5. The van der Waals surface area contributed by atoms with E-state index in [9.17, 15) is 13.2 Å². The fourth-order valence-corrected chi connectivity index (χ4v) is 3.28. The van der Waals surface area contributed by atoms with E-state index in [1.54, 1.807) is 13.8 Å². The number of rotatable bonds is 8. The molecule has 2 aromatic rings. The minimum atomic E-state index is -3.33. The summed E-state index contributed by atoms with van der Waals surface area (Å²) in [6.45, 7) is 7.70. The van der Waals surface area contributed by atoms with Crippen LogP contribution >= 0.6 is 0 Å². The number of carbonyl (C=O) groups is 1. The number of sulfone groups is 1. The number of nitrogens with zero attached hydrogens (tertiary/aromatic N) is 2. The van der Waals surface area contributed by atoms with Gasteiger partial charge in [-0.25, -0.2) is 8.42 Å². The molecule has 1 amide bonds. The van der Waals surface area contributed by atoms with Gasteiger partial charge in [0.05, 0.1) is 10.1 Å². The molecule has 0 unspecified atom stereocenters. The summed E-state index contributed by atoms with van der Waals surface area (Å²) >= 11 is 0. The quantitative estimate of drug-likeness (QED) is 0.708. The lowest BCUT2D eigenvalue weighted by atomic mass is 10.2. The summed E-state index contributed by atoms with van der Waals surface area (Å²) in [5.74, 6) is 1.22. The first kappa shape index (κ1) is 20.1. The molecule has 0 aliphatic rings. The third kappa shape index (κ3) is 4.91. The van der Waals surface area contributed by atoms with Gasteiger partial charge >= 0.3 is 0 Å². The van der Waals surface area contributed by atoms with E-state index in [0.717, 1.165) is 0 Å². The number of aryl methyl sites for hydroxylation is 1. The molecule has 142 valence electrons. The summed E-state index contributed by atoms with van der Waals surface area (Å²) < 4.78 is 29.3. The third-order valence-electron chi connectivity index (χ3n) is 3.92. The zero-order chi connectivity index (χ0) is 19.3. The van der Waals surface area contributed by atoms with E-state index in [0.29, 0.717) is 36.7 Å². The molecular formula is C18H25N3O4S. The Kier molecular flexibility index (Phi) is 6.52. The molecule has 0 saturated carbocycles. The van der Waals surface area contributed by atoms with Crippen molar-refractivity contribution in [3.8, 4) is 0 Å². The van der Waals surface area contributed by atoms with Gasteiger partial charge in [0.15, 0.2) is 15.7 Å². The number of carbonyl (C=O) groups excluding carboxylic acids is 1. The molecule has 0 aliphatic heterocycles. The van der Waals surface area contributed by atoms with E-state index in [1.807, 2.05) is 13.8 Å². The maximum atomic E-state index is 12.1. The highest BCUT2D eigenvalue weighted by molar-refractivity contribution is 7.92. The van der Waals surface area contributed by atoms with Crippen LogP contribution in [0.1, 0.15) is 62.1 Å². The normalized spacial score (nSPS) is 11.9. The first-order chi connectivity index (χ1) is 12.2. The van der Waals surface area contributed by atoms with Gasteiger partial charge in [-0.3, -0.25) is 4.79 Å². The van der Waals surface area contributed by atoms with Crippen LogP contribution < -0.4 is 5.32 Å². The third-order valence-corrected chi connectivity index (χ3v) is 6.09. The average molecular weight is 379 g/mol. The molecule has 0 spiro atoms. The maximum absolute atomic E-state index is 12.1. The highest BCUT2D eigenvalue weighted by atomic mass is 32.2. The van der Waals surface area contributed by atoms with Gasteiger partial charge in [-0.15, -0.1) is 0 Å². The first-order valence-corrected chi connectivity index (χ1v) is 10.2. The van der Waals surface area contributed by atoms with Crippen molar-refractivity contribution in [3.05, 3.63) is 41.5 Å². The molecule has 0 fully saturated rings. The second-order valence-electron chi connectivity index (χ2n) is 6.68. The van der Waals surface area contributed by atoms with E-state index in [2.05, 4.69) is 15.5 Å². The fraction of sp³-hybridized carbons (Fsp3) is 0.500. The number of amides is 1. The Morgan fingerprint density at radius 2 is 1.81 bits per heavy atom. The Balaban J connectivity index is 1.84. The van der Waals surface area contributed by atoms with Gasteiger partial charge in [-0.1, -0.05) is 19.0 Å². The Morgan fingerprint density at radius 1 is 1.15 bits per heavy atom. The summed E-state index contributed by atoms with van der Waals surface area (Å²) in [5, 5.41) is 6.20. The van der Waals surface area contributed by atoms with Crippen LogP contribution in [0.3, 0.4) is 0 Å². The predicted molar refractivity (Wildman–Crippen MR) is 97.8 cm³/mol. The molecule has 1 aromatic carbocycles. The minimum Gasteiger partial charge on any atom is -0.352 e. The number of hydrogen-bond donors (Lipinski definition) is 1.